The van der Waals surface area contributed by atoms with Gasteiger partial charge in [0.15, 0.2) is 0 Å². The Labute approximate surface area is 158 Å². The van der Waals surface area contributed by atoms with Crippen LogP contribution < -0.4 is 0 Å². The predicted octanol–water partition coefficient (Wildman–Crippen LogP) is 3.75. The molecule has 2 saturated heterocycles. The van der Waals surface area contributed by atoms with Crippen LogP contribution in [0.25, 0.3) is 6.08 Å². The second-order valence-corrected chi connectivity index (χ2v) is 7.33. The Kier molecular flexibility index (Phi) is 5.59. The molecule has 5 nitrogen and oxygen atoms in total. The van der Waals surface area contributed by atoms with Crippen molar-refractivity contribution in [1.29, 1.82) is 0 Å². The minimum absolute atomic E-state index is 0.00534. The average molecular weight is 398 g/mol. The predicted molar refractivity (Wildman–Crippen MR) is 94.6 cm³/mol. The number of benzene rings is 1. The van der Waals surface area contributed by atoms with Crippen LogP contribution in [0, 0.1) is 0 Å². The number of likely N-dealkylation sites (tertiary alicyclic amines) is 1. The molecule has 3 rings (SSSR count). The summed E-state index contributed by atoms with van der Waals surface area (Å²) >= 11 is 0.625. The van der Waals surface area contributed by atoms with Crippen LogP contribution in [0.1, 0.15) is 30.4 Å². The normalized spacial score (nSPS) is 19.9. The molecule has 1 aromatic carbocycles. The van der Waals surface area contributed by atoms with Gasteiger partial charge in [0, 0.05) is 13.1 Å². The van der Waals surface area contributed by atoms with Crippen LogP contribution in [0.3, 0.4) is 0 Å². The second kappa shape index (κ2) is 7.75. The summed E-state index contributed by atoms with van der Waals surface area (Å²) in [6.07, 6.45) is -0.424. The summed E-state index contributed by atoms with van der Waals surface area (Å²) in [6, 6.07) is 4.49. The van der Waals surface area contributed by atoms with Gasteiger partial charge in [0.1, 0.15) is 6.54 Å². The Balaban J connectivity index is 1.74. The molecule has 9 heteroatoms. The van der Waals surface area contributed by atoms with Crippen LogP contribution in [-0.4, -0.2) is 46.5 Å². The summed E-state index contributed by atoms with van der Waals surface area (Å²) in [7, 11) is 0. The lowest BCUT2D eigenvalue weighted by atomic mass is 10.1. The smallest absolute Gasteiger partial charge is 0.341 e. The molecule has 0 saturated carbocycles. The highest BCUT2D eigenvalue weighted by Crippen LogP contribution is 2.34. The largest absolute Gasteiger partial charge is 0.416 e. The maximum Gasteiger partial charge on any atom is 0.416 e. The van der Waals surface area contributed by atoms with Gasteiger partial charge >= 0.3 is 6.18 Å². The van der Waals surface area contributed by atoms with Crippen molar-refractivity contribution < 1.29 is 27.6 Å². The maximum absolute atomic E-state index is 12.8. The SMILES string of the molecule is O=C(CN1C(=O)S/C(=C/c2cccc(C(F)(F)F)c2)C1=O)N1CCCCC1. The van der Waals surface area contributed by atoms with E-state index < -0.39 is 22.9 Å². The molecule has 0 N–H and O–H groups in total. The van der Waals surface area contributed by atoms with Gasteiger partial charge in [0.25, 0.3) is 11.1 Å². The number of rotatable bonds is 3. The van der Waals surface area contributed by atoms with Gasteiger partial charge in [-0.2, -0.15) is 13.2 Å². The Morgan fingerprint density at radius 3 is 2.52 bits per heavy atom. The molecule has 2 aliphatic heterocycles. The van der Waals surface area contributed by atoms with Gasteiger partial charge < -0.3 is 4.90 Å². The molecular formula is C18H17F3N2O3S. The summed E-state index contributed by atoms with van der Waals surface area (Å²) in [6.45, 7) is 0.870. The third-order valence-electron chi connectivity index (χ3n) is 4.39. The van der Waals surface area contributed by atoms with Crippen molar-refractivity contribution in [2.75, 3.05) is 19.6 Å². The number of carbonyl (C=O) groups is 3. The molecule has 0 aliphatic carbocycles. The molecule has 0 bridgehead atoms. The molecule has 0 atom stereocenters. The van der Waals surface area contributed by atoms with E-state index in [1.165, 1.54) is 18.2 Å². The van der Waals surface area contributed by atoms with E-state index in [1.807, 2.05) is 0 Å². The minimum atomic E-state index is -4.50. The fraction of sp³-hybridized carbons (Fsp3) is 0.389. The van der Waals surface area contributed by atoms with Crippen molar-refractivity contribution in [2.45, 2.75) is 25.4 Å². The molecule has 27 heavy (non-hydrogen) atoms. The molecule has 0 unspecified atom stereocenters. The lowest BCUT2D eigenvalue weighted by molar-refractivity contribution is -0.137. The van der Waals surface area contributed by atoms with Crippen LogP contribution in [0.4, 0.5) is 18.0 Å². The Morgan fingerprint density at radius 2 is 1.85 bits per heavy atom. The van der Waals surface area contributed by atoms with Crippen molar-refractivity contribution in [3.05, 3.63) is 40.3 Å². The van der Waals surface area contributed by atoms with Crippen molar-refractivity contribution in [3.63, 3.8) is 0 Å². The second-order valence-electron chi connectivity index (χ2n) is 6.33. The summed E-state index contributed by atoms with van der Waals surface area (Å²) in [5.41, 5.74) is -0.673. The number of piperidine rings is 1. The van der Waals surface area contributed by atoms with Crippen LogP contribution in [0.5, 0.6) is 0 Å². The first kappa shape index (κ1) is 19.5. The van der Waals surface area contributed by atoms with Crippen molar-refractivity contribution in [3.8, 4) is 0 Å². The maximum atomic E-state index is 12.8. The third kappa shape index (κ3) is 4.52. The number of hydrogen-bond donors (Lipinski definition) is 0. The van der Waals surface area contributed by atoms with Crippen LogP contribution in [0.15, 0.2) is 29.2 Å². The molecule has 0 spiro atoms. The standard InChI is InChI=1S/C18H17F3N2O3S/c19-18(20,21)13-6-4-5-12(9-13)10-14-16(25)23(17(26)27-14)11-15(24)22-7-2-1-3-8-22/h4-6,9-10H,1-3,7-8,11H2/b14-10+. The molecular weight excluding hydrogens is 381 g/mol. The van der Waals surface area contributed by atoms with E-state index in [1.54, 1.807) is 4.90 Å². The molecule has 1 aromatic rings. The van der Waals surface area contributed by atoms with Gasteiger partial charge in [-0.15, -0.1) is 0 Å². The number of nitrogens with zero attached hydrogens (tertiary/aromatic N) is 2. The zero-order chi connectivity index (χ0) is 19.6. The van der Waals surface area contributed by atoms with Crippen molar-refractivity contribution in [2.24, 2.45) is 0 Å². The first-order valence-electron chi connectivity index (χ1n) is 8.46. The number of thioether (sulfide) groups is 1. The lowest BCUT2D eigenvalue weighted by Crippen LogP contribution is -2.44. The summed E-state index contributed by atoms with van der Waals surface area (Å²) < 4.78 is 38.4. The van der Waals surface area contributed by atoms with E-state index in [2.05, 4.69) is 0 Å². The third-order valence-corrected chi connectivity index (χ3v) is 5.29. The van der Waals surface area contributed by atoms with Gasteiger partial charge in [0.2, 0.25) is 5.91 Å². The molecule has 0 radical (unpaired) electrons. The summed E-state index contributed by atoms with van der Waals surface area (Å²) in [5.74, 6) is -0.954. The minimum Gasteiger partial charge on any atom is -0.341 e. The first-order chi connectivity index (χ1) is 12.8. The number of imide groups is 1. The fourth-order valence-corrected chi connectivity index (χ4v) is 3.81. The first-order valence-corrected chi connectivity index (χ1v) is 9.28. The van der Waals surface area contributed by atoms with E-state index in [0.717, 1.165) is 36.3 Å². The lowest BCUT2D eigenvalue weighted by Gasteiger charge is -2.27. The van der Waals surface area contributed by atoms with Gasteiger partial charge in [-0.1, -0.05) is 12.1 Å². The number of alkyl halides is 3. The zero-order valence-electron chi connectivity index (χ0n) is 14.3. The van der Waals surface area contributed by atoms with Gasteiger partial charge in [-0.25, -0.2) is 0 Å². The summed E-state index contributed by atoms with van der Waals surface area (Å²) in [4.78, 5) is 39.3. The molecule has 2 heterocycles. The van der Waals surface area contributed by atoms with Crippen molar-refractivity contribution >= 4 is 34.9 Å². The molecule has 144 valence electrons. The fourth-order valence-electron chi connectivity index (χ4n) is 2.97. The number of hydrogen-bond acceptors (Lipinski definition) is 4. The summed E-state index contributed by atoms with van der Waals surface area (Å²) in [5, 5.41) is -0.594. The number of carbonyl (C=O) groups excluding carboxylic acids is 3. The number of amides is 3. The monoisotopic (exact) mass is 398 g/mol. The van der Waals surface area contributed by atoms with Crippen LogP contribution in [0.2, 0.25) is 0 Å². The zero-order valence-corrected chi connectivity index (χ0v) is 15.1. The molecule has 2 fully saturated rings. The van der Waals surface area contributed by atoms with E-state index in [-0.39, 0.29) is 22.9 Å². The Bertz CT molecular complexity index is 801. The van der Waals surface area contributed by atoms with Gasteiger partial charge in [0.05, 0.1) is 10.5 Å². The highest BCUT2D eigenvalue weighted by atomic mass is 32.2. The van der Waals surface area contributed by atoms with Gasteiger partial charge in [-0.05, 0) is 54.8 Å². The van der Waals surface area contributed by atoms with E-state index in [9.17, 15) is 27.6 Å². The average Bonchev–Trinajstić information content (AvgIpc) is 2.89. The molecule has 0 aromatic heterocycles. The molecule has 3 amide bonds. The quantitative estimate of drug-likeness (QED) is 0.728. The number of halogens is 3. The highest BCUT2D eigenvalue weighted by molar-refractivity contribution is 8.18. The van der Waals surface area contributed by atoms with Crippen molar-refractivity contribution in [1.82, 2.24) is 9.80 Å². The Morgan fingerprint density at radius 1 is 1.15 bits per heavy atom. The van der Waals surface area contributed by atoms with Gasteiger partial charge in [-0.3, -0.25) is 19.3 Å². The van der Waals surface area contributed by atoms with E-state index in [4.69, 9.17) is 0 Å². The topological polar surface area (TPSA) is 57.7 Å². The van der Waals surface area contributed by atoms with E-state index in [0.29, 0.717) is 24.9 Å². The van der Waals surface area contributed by atoms with E-state index >= 15 is 0 Å². The van der Waals surface area contributed by atoms with Crippen LogP contribution >= 0.6 is 11.8 Å². The van der Waals surface area contributed by atoms with Crippen LogP contribution in [-0.2, 0) is 15.8 Å². The molecule has 2 aliphatic rings. The highest BCUT2D eigenvalue weighted by Gasteiger charge is 2.37. The Hall–Kier alpha value is -2.29.